The van der Waals surface area contributed by atoms with Crippen molar-refractivity contribution in [2.45, 2.75) is 6.92 Å². The summed E-state index contributed by atoms with van der Waals surface area (Å²) in [5.41, 5.74) is 1.45. The van der Waals surface area contributed by atoms with Gasteiger partial charge in [0.1, 0.15) is 5.58 Å². The Kier molecular flexibility index (Phi) is 5.21. The zero-order valence-electron chi connectivity index (χ0n) is 14.8. The number of esters is 1. The van der Waals surface area contributed by atoms with Crippen LogP contribution in [0.15, 0.2) is 57.7 Å². The standard InChI is InChI=1S/C20H17NO6/c1-12-3-7-15(8-4-12)21-18(22)11-26-17-9-13-5-6-14(19(23)25-2)10-16(13)27-20(17)24/h3-10H,11H2,1-2H3,(H,21,22). The summed E-state index contributed by atoms with van der Waals surface area (Å²) in [4.78, 5) is 35.6. The van der Waals surface area contributed by atoms with Gasteiger partial charge < -0.3 is 19.2 Å². The molecule has 0 atom stereocenters. The lowest BCUT2D eigenvalue weighted by molar-refractivity contribution is -0.118. The third-order valence-electron chi connectivity index (χ3n) is 3.82. The number of rotatable bonds is 5. The molecule has 7 heteroatoms. The topological polar surface area (TPSA) is 94.8 Å². The lowest BCUT2D eigenvalue weighted by Crippen LogP contribution is -2.22. The summed E-state index contributed by atoms with van der Waals surface area (Å²) in [7, 11) is 1.27. The molecular weight excluding hydrogens is 350 g/mol. The summed E-state index contributed by atoms with van der Waals surface area (Å²) in [6, 6.07) is 13.3. The Morgan fingerprint density at radius 3 is 2.52 bits per heavy atom. The van der Waals surface area contributed by atoms with Crippen LogP contribution < -0.4 is 15.7 Å². The van der Waals surface area contributed by atoms with Crippen molar-refractivity contribution in [3.05, 3.63) is 70.1 Å². The molecule has 138 valence electrons. The molecule has 0 spiro atoms. The van der Waals surface area contributed by atoms with Crippen LogP contribution in [0.4, 0.5) is 5.69 Å². The molecule has 1 N–H and O–H groups in total. The highest BCUT2D eigenvalue weighted by Gasteiger charge is 2.12. The van der Waals surface area contributed by atoms with Gasteiger partial charge in [0.25, 0.3) is 5.91 Å². The Morgan fingerprint density at radius 2 is 1.81 bits per heavy atom. The summed E-state index contributed by atoms with van der Waals surface area (Å²) < 4.78 is 15.1. The highest BCUT2D eigenvalue weighted by Crippen LogP contribution is 2.19. The molecule has 0 saturated carbocycles. The molecule has 1 heterocycles. The number of carbonyl (C=O) groups excluding carboxylic acids is 2. The third kappa shape index (κ3) is 4.33. The molecular formula is C20H17NO6. The lowest BCUT2D eigenvalue weighted by Gasteiger charge is -2.08. The van der Waals surface area contributed by atoms with E-state index in [-0.39, 0.29) is 23.5 Å². The van der Waals surface area contributed by atoms with E-state index in [0.29, 0.717) is 11.1 Å². The van der Waals surface area contributed by atoms with Crippen molar-refractivity contribution in [2.75, 3.05) is 19.0 Å². The minimum absolute atomic E-state index is 0.0904. The Bertz CT molecular complexity index is 1050. The number of amides is 1. The number of hydrogen-bond donors (Lipinski definition) is 1. The second-order valence-corrected chi connectivity index (χ2v) is 5.85. The molecule has 0 radical (unpaired) electrons. The average molecular weight is 367 g/mol. The van der Waals surface area contributed by atoms with E-state index in [9.17, 15) is 14.4 Å². The first-order chi connectivity index (χ1) is 13.0. The number of hydrogen-bond acceptors (Lipinski definition) is 6. The van der Waals surface area contributed by atoms with Gasteiger partial charge in [-0.25, -0.2) is 9.59 Å². The number of anilines is 1. The molecule has 0 unspecified atom stereocenters. The molecule has 0 saturated heterocycles. The fourth-order valence-electron chi connectivity index (χ4n) is 2.42. The normalized spacial score (nSPS) is 10.4. The van der Waals surface area contributed by atoms with Crippen molar-refractivity contribution >= 4 is 28.5 Å². The molecule has 0 aliphatic rings. The Balaban J connectivity index is 1.72. The average Bonchev–Trinajstić information content (AvgIpc) is 2.67. The van der Waals surface area contributed by atoms with Gasteiger partial charge in [-0.3, -0.25) is 4.79 Å². The van der Waals surface area contributed by atoms with Gasteiger partial charge in [-0.2, -0.15) is 0 Å². The quantitative estimate of drug-likeness (QED) is 0.550. The first-order valence-corrected chi connectivity index (χ1v) is 8.12. The summed E-state index contributed by atoms with van der Waals surface area (Å²) in [5, 5.41) is 3.23. The van der Waals surface area contributed by atoms with Crippen LogP contribution in [0, 0.1) is 6.92 Å². The van der Waals surface area contributed by atoms with Gasteiger partial charge in [-0.1, -0.05) is 23.8 Å². The van der Waals surface area contributed by atoms with Crippen molar-refractivity contribution in [1.82, 2.24) is 0 Å². The largest absolute Gasteiger partial charge is 0.476 e. The predicted molar refractivity (Wildman–Crippen MR) is 99.1 cm³/mol. The summed E-state index contributed by atoms with van der Waals surface area (Å²) in [6.07, 6.45) is 0. The highest BCUT2D eigenvalue weighted by molar-refractivity contribution is 5.94. The summed E-state index contributed by atoms with van der Waals surface area (Å²) >= 11 is 0. The smallest absolute Gasteiger partial charge is 0.379 e. The van der Waals surface area contributed by atoms with Crippen LogP contribution in [-0.4, -0.2) is 25.6 Å². The second kappa shape index (κ2) is 7.74. The Labute approximate surface area is 154 Å². The van der Waals surface area contributed by atoms with E-state index in [1.54, 1.807) is 24.3 Å². The molecule has 0 aliphatic carbocycles. The number of benzene rings is 2. The van der Waals surface area contributed by atoms with Crippen molar-refractivity contribution in [3.63, 3.8) is 0 Å². The summed E-state index contributed by atoms with van der Waals surface area (Å²) in [5.74, 6) is -1.03. The molecule has 0 bridgehead atoms. The fraction of sp³-hybridized carbons (Fsp3) is 0.150. The zero-order chi connectivity index (χ0) is 19.4. The number of fused-ring (bicyclic) bond motifs is 1. The number of ether oxygens (including phenoxy) is 2. The van der Waals surface area contributed by atoms with E-state index >= 15 is 0 Å². The molecule has 1 amide bonds. The van der Waals surface area contributed by atoms with Gasteiger partial charge in [0.2, 0.25) is 5.75 Å². The predicted octanol–water partition coefficient (Wildman–Crippen LogP) is 2.91. The number of nitrogens with one attached hydrogen (secondary N) is 1. The Morgan fingerprint density at radius 1 is 1.07 bits per heavy atom. The van der Waals surface area contributed by atoms with E-state index in [1.807, 2.05) is 19.1 Å². The minimum Gasteiger partial charge on any atom is -0.476 e. The monoisotopic (exact) mass is 367 g/mol. The van der Waals surface area contributed by atoms with Gasteiger partial charge >= 0.3 is 11.6 Å². The van der Waals surface area contributed by atoms with Crippen LogP contribution in [0.25, 0.3) is 11.0 Å². The van der Waals surface area contributed by atoms with Gasteiger partial charge in [-0.15, -0.1) is 0 Å². The van der Waals surface area contributed by atoms with Gasteiger partial charge in [0.05, 0.1) is 12.7 Å². The van der Waals surface area contributed by atoms with Crippen molar-refractivity contribution in [3.8, 4) is 5.75 Å². The van der Waals surface area contributed by atoms with Crippen LogP contribution in [0.2, 0.25) is 0 Å². The van der Waals surface area contributed by atoms with Gasteiger partial charge in [0.15, 0.2) is 6.61 Å². The van der Waals surface area contributed by atoms with E-state index in [0.717, 1.165) is 5.56 Å². The molecule has 27 heavy (non-hydrogen) atoms. The maximum absolute atomic E-state index is 12.1. The third-order valence-corrected chi connectivity index (χ3v) is 3.82. The van der Waals surface area contributed by atoms with Gasteiger partial charge in [-0.05, 0) is 37.3 Å². The molecule has 0 fully saturated rings. The lowest BCUT2D eigenvalue weighted by atomic mass is 10.1. The van der Waals surface area contributed by atoms with E-state index in [1.165, 1.54) is 19.2 Å². The maximum atomic E-state index is 12.1. The van der Waals surface area contributed by atoms with Crippen molar-refractivity contribution in [2.24, 2.45) is 0 Å². The van der Waals surface area contributed by atoms with E-state index < -0.39 is 17.5 Å². The Hall–Kier alpha value is -3.61. The van der Waals surface area contributed by atoms with Crippen LogP contribution in [-0.2, 0) is 9.53 Å². The fourth-order valence-corrected chi connectivity index (χ4v) is 2.42. The highest BCUT2D eigenvalue weighted by atomic mass is 16.5. The molecule has 3 rings (SSSR count). The number of aryl methyl sites for hydroxylation is 1. The molecule has 7 nitrogen and oxygen atoms in total. The van der Waals surface area contributed by atoms with E-state index in [2.05, 4.69) is 10.1 Å². The molecule has 3 aromatic rings. The zero-order valence-corrected chi connectivity index (χ0v) is 14.8. The van der Waals surface area contributed by atoms with Crippen molar-refractivity contribution in [1.29, 1.82) is 0 Å². The number of carbonyl (C=O) groups is 2. The number of methoxy groups -OCH3 is 1. The maximum Gasteiger partial charge on any atom is 0.379 e. The first kappa shape index (κ1) is 18.2. The van der Waals surface area contributed by atoms with Gasteiger partial charge in [0, 0.05) is 11.1 Å². The molecule has 0 aliphatic heterocycles. The van der Waals surface area contributed by atoms with Crippen LogP contribution >= 0.6 is 0 Å². The van der Waals surface area contributed by atoms with Crippen LogP contribution in [0.1, 0.15) is 15.9 Å². The van der Waals surface area contributed by atoms with E-state index in [4.69, 9.17) is 9.15 Å². The molecule has 1 aromatic heterocycles. The molecule has 2 aromatic carbocycles. The van der Waals surface area contributed by atoms with Crippen LogP contribution in [0.5, 0.6) is 5.75 Å². The second-order valence-electron chi connectivity index (χ2n) is 5.85. The van der Waals surface area contributed by atoms with Crippen molar-refractivity contribution < 1.29 is 23.5 Å². The summed E-state index contributed by atoms with van der Waals surface area (Å²) in [6.45, 7) is 1.60. The SMILES string of the molecule is COC(=O)c1ccc2cc(OCC(=O)Nc3ccc(C)cc3)c(=O)oc2c1. The first-order valence-electron chi connectivity index (χ1n) is 8.12. The van der Waals surface area contributed by atoms with Crippen LogP contribution in [0.3, 0.4) is 0 Å². The minimum atomic E-state index is -0.743.